The third-order valence-electron chi connectivity index (χ3n) is 2.73. The second kappa shape index (κ2) is 5.40. The predicted molar refractivity (Wildman–Crippen MR) is 78.1 cm³/mol. The van der Waals surface area contributed by atoms with Gasteiger partial charge in [0.15, 0.2) is 0 Å². The average Bonchev–Trinajstić information content (AvgIpc) is 2.35. The Labute approximate surface area is 119 Å². The zero-order valence-electron chi connectivity index (χ0n) is 10.6. The first-order chi connectivity index (χ1) is 8.99. The minimum Gasteiger partial charge on any atom is -0.478 e. The largest absolute Gasteiger partial charge is 0.478 e. The summed E-state index contributed by atoms with van der Waals surface area (Å²) < 4.78 is 0.917. The summed E-state index contributed by atoms with van der Waals surface area (Å²) in [4.78, 5) is 15.2. The summed E-state index contributed by atoms with van der Waals surface area (Å²) in [6.45, 7) is 3.80. The zero-order valence-corrected chi connectivity index (χ0v) is 12.2. The number of anilines is 2. The van der Waals surface area contributed by atoms with Crippen LogP contribution in [-0.4, -0.2) is 16.1 Å². The number of carboxylic acid groups (broad SMARTS) is 1. The third kappa shape index (κ3) is 2.93. The predicted octanol–water partition coefficient (Wildman–Crippen LogP) is 3.90. The number of carbonyl (C=O) groups is 1. The Hall–Kier alpha value is -1.88. The van der Waals surface area contributed by atoms with Gasteiger partial charge in [-0.05, 0) is 47.5 Å². The van der Waals surface area contributed by atoms with E-state index in [1.54, 1.807) is 6.07 Å². The second-order valence-electron chi connectivity index (χ2n) is 4.24. The first-order valence-corrected chi connectivity index (χ1v) is 6.50. The maximum Gasteiger partial charge on any atom is 0.339 e. The lowest BCUT2D eigenvalue weighted by molar-refractivity contribution is 0.0697. The molecule has 0 radical (unpaired) electrons. The molecule has 0 aliphatic rings. The fourth-order valence-electron chi connectivity index (χ4n) is 1.72. The quantitative estimate of drug-likeness (QED) is 0.900. The van der Waals surface area contributed by atoms with Crippen molar-refractivity contribution >= 4 is 33.3 Å². The van der Waals surface area contributed by atoms with Gasteiger partial charge < -0.3 is 10.4 Å². The van der Waals surface area contributed by atoms with Gasteiger partial charge in [-0.15, -0.1) is 0 Å². The number of aromatic carboxylic acids is 1. The van der Waals surface area contributed by atoms with Crippen molar-refractivity contribution in [2.24, 2.45) is 0 Å². The highest BCUT2D eigenvalue weighted by atomic mass is 79.9. The van der Waals surface area contributed by atoms with Crippen LogP contribution in [-0.2, 0) is 0 Å². The molecular weight excluding hydrogens is 308 g/mol. The molecular formula is C14H13BrN2O2. The molecule has 0 saturated carbocycles. The summed E-state index contributed by atoms with van der Waals surface area (Å²) in [5.41, 5.74) is 3.35. The van der Waals surface area contributed by atoms with Crippen molar-refractivity contribution in [2.75, 3.05) is 5.32 Å². The second-order valence-corrected chi connectivity index (χ2v) is 5.03. The molecule has 0 aliphatic heterocycles. The Balaban J connectivity index is 2.45. The molecule has 2 N–H and O–H groups in total. The minimum absolute atomic E-state index is 0.152. The summed E-state index contributed by atoms with van der Waals surface area (Å²) in [6, 6.07) is 7.50. The van der Waals surface area contributed by atoms with Crippen molar-refractivity contribution in [3.63, 3.8) is 0 Å². The van der Waals surface area contributed by atoms with E-state index in [1.807, 2.05) is 32.0 Å². The first-order valence-electron chi connectivity index (χ1n) is 5.71. The summed E-state index contributed by atoms with van der Waals surface area (Å²) in [6.07, 6.45) is 1.36. The van der Waals surface area contributed by atoms with Crippen LogP contribution in [0, 0.1) is 13.8 Å². The van der Waals surface area contributed by atoms with E-state index >= 15 is 0 Å². The molecule has 1 aromatic carbocycles. The van der Waals surface area contributed by atoms with Gasteiger partial charge in [0.1, 0.15) is 5.56 Å². The van der Waals surface area contributed by atoms with Gasteiger partial charge in [0.05, 0.1) is 11.4 Å². The van der Waals surface area contributed by atoms with Gasteiger partial charge >= 0.3 is 5.97 Å². The van der Waals surface area contributed by atoms with E-state index in [9.17, 15) is 4.79 Å². The number of carboxylic acids is 1. The van der Waals surface area contributed by atoms with Gasteiger partial charge in [-0.1, -0.05) is 12.1 Å². The van der Waals surface area contributed by atoms with Crippen LogP contribution in [0.5, 0.6) is 0 Å². The summed E-state index contributed by atoms with van der Waals surface area (Å²) in [7, 11) is 0. The highest BCUT2D eigenvalue weighted by Gasteiger charge is 2.12. The Morgan fingerprint density at radius 3 is 2.74 bits per heavy atom. The molecule has 2 rings (SSSR count). The third-order valence-corrected chi connectivity index (χ3v) is 3.78. The van der Waals surface area contributed by atoms with Gasteiger partial charge in [0.2, 0.25) is 0 Å². The highest BCUT2D eigenvalue weighted by Crippen LogP contribution is 2.30. The van der Waals surface area contributed by atoms with Crippen molar-refractivity contribution in [3.05, 3.63) is 51.8 Å². The van der Waals surface area contributed by atoms with Crippen molar-refractivity contribution in [1.29, 1.82) is 0 Å². The minimum atomic E-state index is -1.00. The molecule has 0 amide bonds. The van der Waals surface area contributed by atoms with E-state index in [0.717, 1.165) is 21.4 Å². The maximum absolute atomic E-state index is 11.2. The van der Waals surface area contributed by atoms with E-state index in [1.165, 1.54) is 6.20 Å². The number of aryl methyl sites for hydroxylation is 2. The van der Waals surface area contributed by atoms with Crippen molar-refractivity contribution in [2.45, 2.75) is 13.8 Å². The summed E-state index contributed by atoms with van der Waals surface area (Å²) in [5, 5.41) is 12.3. The number of pyridine rings is 1. The van der Waals surface area contributed by atoms with Crippen LogP contribution in [0.1, 0.15) is 21.6 Å². The molecule has 0 bridgehead atoms. The number of hydrogen-bond acceptors (Lipinski definition) is 3. The zero-order chi connectivity index (χ0) is 14.0. The molecule has 0 fully saturated rings. The Morgan fingerprint density at radius 1 is 1.32 bits per heavy atom. The van der Waals surface area contributed by atoms with Crippen LogP contribution in [0.3, 0.4) is 0 Å². The Kier molecular flexibility index (Phi) is 3.85. The van der Waals surface area contributed by atoms with E-state index < -0.39 is 5.97 Å². The average molecular weight is 321 g/mol. The smallest absolute Gasteiger partial charge is 0.339 e. The number of hydrogen-bond donors (Lipinski definition) is 2. The van der Waals surface area contributed by atoms with Crippen molar-refractivity contribution < 1.29 is 9.90 Å². The van der Waals surface area contributed by atoms with E-state index in [4.69, 9.17) is 5.11 Å². The highest BCUT2D eigenvalue weighted by molar-refractivity contribution is 9.10. The van der Waals surface area contributed by atoms with E-state index in [-0.39, 0.29) is 5.56 Å². The number of nitrogens with one attached hydrogen (secondary N) is 1. The standard InChI is InChI=1S/C14H13BrN2O2/c1-8-4-3-5-11(13(8)15)17-12-6-9(2)16-7-10(12)14(18)19/h3-7H,1-2H3,(H,16,17)(H,18,19). The molecule has 4 nitrogen and oxygen atoms in total. The van der Waals surface area contributed by atoms with Crippen LogP contribution >= 0.6 is 15.9 Å². The molecule has 0 atom stereocenters. The number of aromatic nitrogens is 1. The summed E-state index contributed by atoms with van der Waals surface area (Å²) in [5.74, 6) is -1.00. The van der Waals surface area contributed by atoms with Crippen LogP contribution < -0.4 is 5.32 Å². The van der Waals surface area contributed by atoms with Gasteiger partial charge in [-0.25, -0.2) is 4.79 Å². The van der Waals surface area contributed by atoms with Gasteiger partial charge in [-0.2, -0.15) is 0 Å². The van der Waals surface area contributed by atoms with Crippen LogP contribution in [0.2, 0.25) is 0 Å². The normalized spacial score (nSPS) is 10.3. The van der Waals surface area contributed by atoms with Crippen molar-refractivity contribution in [1.82, 2.24) is 4.98 Å². The van der Waals surface area contributed by atoms with Crippen LogP contribution in [0.25, 0.3) is 0 Å². The number of rotatable bonds is 3. The maximum atomic E-state index is 11.2. The first kappa shape index (κ1) is 13.5. The molecule has 19 heavy (non-hydrogen) atoms. The lowest BCUT2D eigenvalue weighted by Gasteiger charge is -2.12. The SMILES string of the molecule is Cc1cc(Nc2cccc(C)c2Br)c(C(=O)O)cn1. The fraction of sp³-hybridized carbons (Fsp3) is 0.143. The van der Waals surface area contributed by atoms with E-state index in [0.29, 0.717) is 5.69 Å². The molecule has 1 aromatic heterocycles. The molecule has 5 heteroatoms. The Morgan fingerprint density at radius 2 is 2.05 bits per heavy atom. The monoisotopic (exact) mass is 320 g/mol. The lowest BCUT2D eigenvalue weighted by Crippen LogP contribution is -2.04. The van der Waals surface area contributed by atoms with E-state index in [2.05, 4.69) is 26.2 Å². The molecule has 0 spiro atoms. The number of halogens is 1. The number of benzene rings is 1. The Bertz CT molecular complexity index is 641. The van der Waals surface area contributed by atoms with Crippen LogP contribution in [0.15, 0.2) is 34.9 Å². The van der Waals surface area contributed by atoms with Gasteiger partial charge in [-0.3, -0.25) is 4.98 Å². The van der Waals surface area contributed by atoms with Gasteiger partial charge in [0.25, 0.3) is 0 Å². The molecule has 98 valence electrons. The molecule has 0 saturated heterocycles. The summed E-state index contributed by atoms with van der Waals surface area (Å²) >= 11 is 3.49. The molecule has 0 unspecified atom stereocenters. The van der Waals surface area contributed by atoms with Crippen LogP contribution in [0.4, 0.5) is 11.4 Å². The molecule has 1 heterocycles. The lowest BCUT2D eigenvalue weighted by atomic mass is 10.1. The van der Waals surface area contributed by atoms with Gasteiger partial charge in [0, 0.05) is 16.4 Å². The molecule has 2 aromatic rings. The fourth-order valence-corrected chi connectivity index (χ4v) is 2.09. The van der Waals surface area contributed by atoms with Crippen molar-refractivity contribution in [3.8, 4) is 0 Å². The molecule has 0 aliphatic carbocycles. The topological polar surface area (TPSA) is 62.2 Å². The number of nitrogens with zero attached hydrogens (tertiary/aromatic N) is 1.